The van der Waals surface area contributed by atoms with E-state index in [0.717, 1.165) is 10.0 Å². The molecule has 2 N–H and O–H groups in total. The molecule has 0 aromatic heterocycles. The van der Waals surface area contributed by atoms with Gasteiger partial charge in [0.05, 0.1) is 18.3 Å². The normalized spacial score (nSPS) is 10.6. The molecule has 0 aliphatic carbocycles. The lowest BCUT2D eigenvalue weighted by molar-refractivity contribution is 0.0552. The largest absolute Gasteiger partial charge is 0.490 e. The summed E-state index contributed by atoms with van der Waals surface area (Å²) in [5, 5.41) is 0. The molecule has 0 fully saturated rings. The van der Waals surface area contributed by atoms with Crippen molar-refractivity contribution in [2.24, 2.45) is 5.73 Å². The van der Waals surface area contributed by atoms with Crippen molar-refractivity contribution in [2.45, 2.75) is 20.0 Å². The van der Waals surface area contributed by atoms with Gasteiger partial charge in [0.2, 0.25) is 0 Å². The second-order valence-corrected chi connectivity index (χ2v) is 5.13. The van der Waals surface area contributed by atoms with E-state index in [9.17, 15) is 0 Å². The fraction of sp³-hybridized carbons (Fsp3) is 0.417. The third-order valence-corrected chi connectivity index (χ3v) is 2.71. The standard InChI is InChI=1S/C12H16BrNO2S/c1-8(2)15-5-6-16-11-4-3-9(13)7-10(11)12(14)17/h3-4,7-8H,5-6H2,1-2H3,(H2,14,17). The van der Waals surface area contributed by atoms with Crippen molar-refractivity contribution in [2.75, 3.05) is 13.2 Å². The molecule has 1 aromatic carbocycles. The Kier molecular flexibility index (Phi) is 5.88. The van der Waals surface area contributed by atoms with Crippen molar-refractivity contribution >= 4 is 33.1 Å². The molecule has 0 aliphatic heterocycles. The molecule has 1 rings (SSSR count). The summed E-state index contributed by atoms with van der Waals surface area (Å²) in [6.45, 7) is 5.00. The lowest BCUT2D eigenvalue weighted by atomic mass is 10.2. The molecule has 0 amide bonds. The van der Waals surface area contributed by atoms with Crippen LogP contribution in [0.2, 0.25) is 0 Å². The number of hydrogen-bond acceptors (Lipinski definition) is 3. The van der Waals surface area contributed by atoms with Crippen LogP contribution in [0.1, 0.15) is 19.4 Å². The Balaban J connectivity index is 2.61. The van der Waals surface area contributed by atoms with Crippen LogP contribution >= 0.6 is 28.1 Å². The van der Waals surface area contributed by atoms with Crippen molar-refractivity contribution in [3.05, 3.63) is 28.2 Å². The number of halogens is 1. The minimum Gasteiger partial charge on any atom is -0.490 e. The van der Waals surface area contributed by atoms with E-state index >= 15 is 0 Å². The topological polar surface area (TPSA) is 44.5 Å². The number of hydrogen-bond donors (Lipinski definition) is 1. The van der Waals surface area contributed by atoms with Gasteiger partial charge in [-0.05, 0) is 32.0 Å². The highest BCUT2D eigenvalue weighted by molar-refractivity contribution is 9.10. The molecule has 5 heteroatoms. The van der Waals surface area contributed by atoms with E-state index in [1.165, 1.54) is 0 Å². The third kappa shape index (κ3) is 5.02. The SMILES string of the molecule is CC(C)OCCOc1ccc(Br)cc1C(N)=S. The minimum atomic E-state index is 0.207. The van der Waals surface area contributed by atoms with Crippen LogP contribution in [0.25, 0.3) is 0 Å². The van der Waals surface area contributed by atoms with Gasteiger partial charge in [0.15, 0.2) is 0 Å². The van der Waals surface area contributed by atoms with Crippen LogP contribution < -0.4 is 10.5 Å². The zero-order chi connectivity index (χ0) is 12.8. The van der Waals surface area contributed by atoms with Crippen LogP contribution in [-0.4, -0.2) is 24.3 Å². The van der Waals surface area contributed by atoms with Crippen LogP contribution in [0.5, 0.6) is 5.75 Å². The molecule has 3 nitrogen and oxygen atoms in total. The zero-order valence-electron chi connectivity index (χ0n) is 9.90. The highest BCUT2D eigenvalue weighted by atomic mass is 79.9. The van der Waals surface area contributed by atoms with E-state index in [1.54, 1.807) is 0 Å². The van der Waals surface area contributed by atoms with E-state index in [4.69, 9.17) is 27.4 Å². The maximum absolute atomic E-state index is 5.64. The fourth-order valence-corrected chi connectivity index (χ4v) is 1.78. The molecule has 0 saturated carbocycles. The Morgan fingerprint density at radius 3 is 2.71 bits per heavy atom. The summed E-state index contributed by atoms with van der Waals surface area (Å²) in [6, 6.07) is 5.58. The van der Waals surface area contributed by atoms with Gasteiger partial charge < -0.3 is 15.2 Å². The van der Waals surface area contributed by atoms with Gasteiger partial charge in [-0.3, -0.25) is 0 Å². The van der Waals surface area contributed by atoms with Gasteiger partial charge in [-0.2, -0.15) is 0 Å². The predicted molar refractivity (Wildman–Crippen MR) is 76.6 cm³/mol. The van der Waals surface area contributed by atoms with E-state index in [1.807, 2.05) is 32.0 Å². The Hall–Kier alpha value is -0.650. The van der Waals surface area contributed by atoms with Gasteiger partial charge in [-0.1, -0.05) is 28.1 Å². The molecule has 0 bridgehead atoms. The summed E-state index contributed by atoms with van der Waals surface area (Å²) >= 11 is 8.35. The maximum Gasteiger partial charge on any atom is 0.129 e. The first-order valence-electron chi connectivity index (χ1n) is 5.34. The van der Waals surface area contributed by atoms with Gasteiger partial charge in [-0.15, -0.1) is 0 Å². The van der Waals surface area contributed by atoms with Crippen LogP contribution in [0.3, 0.4) is 0 Å². The third-order valence-electron chi connectivity index (χ3n) is 2.00. The minimum absolute atomic E-state index is 0.207. The quantitative estimate of drug-likeness (QED) is 0.647. The Morgan fingerprint density at radius 2 is 2.12 bits per heavy atom. The number of ether oxygens (including phenoxy) is 2. The molecule has 0 saturated heterocycles. The molecule has 94 valence electrons. The molecule has 0 unspecified atom stereocenters. The number of benzene rings is 1. The second-order valence-electron chi connectivity index (χ2n) is 3.77. The summed E-state index contributed by atoms with van der Waals surface area (Å²) in [6.07, 6.45) is 0.207. The summed E-state index contributed by atoms with van der Waals surface area (Å²) in [4.78, 5) is 0.325. The number of nitrogens with two attached hydrogens (primary N) is 1. The summed E-state index contributed by atoms with van der Waals surface area (Å²) in [7, 11) is 0. The van der Waals surface area contributed by atoms with Gasteiger partial charge >= 0.3 is 0 Å². The van der Waals surface area contributed by atoms with Crippen molar-refractivity contribution < 1.29 is 9.47 Å². The van der Waals surface area contributed by atoms with Crippen LogP contribution in [0.15, 0.2) is 22.7 Å². The van der Waals surface area contributed by atoms with Crippen LogP contribution in [0.4, 0.5) is 0 Å². The first-order chi connectivity index (χ1) is 8.00. The number of thiocarbonyl (C=S) groups is 1. The first-order valence-corrected chi connectivity index (χ1v) is 6.54. The van der Waals surface area contributed by atoms with E-state index in [0.29, 0.717) is 24.0 Å². The maximum atomic E-state index is 5.64. The molecule has 0 aliphatic rings. The zero-order valence-corrected chi connectivity index (χ0v) is 12.3. The number of rotatable bonds is 6. The molecule has 0 heterocycles. The lowest BCUT2D eigenvalue weighted by Crippen LogP contribution is -2.15. The highest BCUT2D eigenvalue weighted by Crippen LogP contribution is 2.23. The molecular weight excluding hydrogens is 302 g/mol. The van der Waals surface area contributed by atoms with Crippen molar-refractivity contribution in [3.8, 4) is 5.75 Å². The summed E-state index contributed by atoms with van der Waals surface area (Å²) in [5.41, 5.74) is 6.37. The summed E-state index contributed by atoms with van der Waals surface area (Å²) in [5.74, 6) is 0.688. The van der Waals surface area contributed by atoms with Crippen molar-refractivity contribution in [1.29, 1.82) is 0 Å². The van der Waals surface area contributed by atoms with Gasteiger partial charge in [0, 0.05) is 4.47 Å². The predicted octanol–water partition coefficient (Wildman–Crippen LogP) is 2.89. The fourth-order valence-electron chi connectivity index (χ4n) is 1.26. The molecule has 17 heavy (non-hydrogen) atoms. The van der Waals surface area contributed by atoms with Gasteiger partial charge in [0.25, 0.3) is 0 Å². The Labute approximate surface area is 115 Å². The van der Waals surface area contributed by atoms with E-state index < -0.39 is 0 Å². The Morgan fingerprint density at radius 1 is 1.41 bits per heavy atom. The van der Waals surface area contributed by atoms with E-state index in [2.05, 4.69) is 15.9 Å². The van der Waals surface area contributed by atoms with Crippen LogP contribution in [0, 0.1) is 0 Å². The second kappa shape index (κ2) is 6.93. The monoisotopic (exact) mass is 317 g/mol. The van der Waals surface area contributed by atoms with E-state index in [-0.39, 0.29) is 6.10 Å². The van der Waals surface area contributed by atoms with Crippen LogP contribution in [-0.2, 0) is 4.74 Å². The van der Waals surface area contributed by atoms with Crippen molar-refractivity contribution in [1.82, 2.24) is 0 Å². The molecular formula is C12H16BrNO2S. The lowest BCUT2D eigenvalue weighted by Gasteiger charge is -2.12. The average molecular weight is 318 g/mol. The van der Waals surface area contributed by atoms with Crippen molar-refractivity contribution in [3.63, 3.8) is 0 Å². The Bertz CT molecular complexity index is 396. The highest BCUT2D eigenvalue weighted by Gasteiger charge is 2.07. The molecule has 1 aromatic rings. The molecule has 0 atom stereocenters. The van der Waals surface area contributed by atoms with Gasteiger partial charge in [0.1, 0.15) is 17.3 Å². The average Bonchev–Trinajstić information content (AvgIpc) is 2.25. The summed E-state index contributed by atoms with van der Waals surface area (Å²) < 4.78 is 11.9. The molecule has 0 radical (unpaired) electrons. The van der Waals surface area contributed by atoms with Gasteiger partial charge in [-0.25, -0.2) is 0 Å². The smallest absolute Gasteiger partial charge is 0.129 e. The molecule has 0 spiro atoms. The first kappa shape index (κ1) is 14.4.